The summed E-state index contributed by atoms with van der Waals surface area (Å²) in [6, 6.07) is 4.91. The van der Waals surface area contributed by atoms with Gasteiger partial charge in [0.2, 0.25) is 5.91 Å². The molecule has 7 nitrogen and oxygen atoms in total. The Morgan fingerprint density at radius 1 is 1.12 bits per heavy atom. The van der Waals surface area contributed by atoms with Crippen LogP contribution in [0, 0.1) is 0 Å². The highest BCUT2D eigenvalue weighted by atomic mass is 32.1. The number of hydrogen-bond acceptors (Lipinski definition) is 4. The molecule has 3 rings (SSSR count). The minimum Gasteiger partial charge on any atom is -0.365 e. The fraction of sp³-hybridized carbons (Fsp3) is 0.188. The minimum atomic E-state index is -0.747. The summed E-state index contributed by atoms with van der Waals surface area (Å²) in [6.45, 7) is 1.44. The maximum absolute atomic E-state index is 11.8. The van der Waals surface area contributed by atoms with Crippen LogP contribution in [0.1, 0.15) is 28.4 Å². The van der Waals surface area contributed by atoms with Crippen molar-refractivity contribution in [1.82, 2.24) is 0 Å². The molecule has 6 N–H and O–H groups in total. The van der Waals surface area contributed by atoms with Gasteiger partial charge in [-0.2, -0.15) is 0 Å². The Hall–Kier alpha value is -2.87. The van der Waals surface area contributed by atoms with Gasteiger partial charge in [-0.05, 0) is 41.7 Å². The van der Waals surface area contributed by atoms with E-state index in [1.54, 1.807) is 0 Å². The molecule has 0 spiro atoms. The zero-order chi connectivity index (χ0) is 17.4. The molecule has 8 heteroatoms. The third-order valence-electron chi connectivity index (χ3n) is 3.81. The molecule has 24 heavy (non-hydrogen) atoms. The standard InChI is InChI=1S/C16H16N4O3S/c1-7(21)19-9-4-2-8-3-5-10-12(14(17)22)15(20-16(18)23)24-13(10)11(8)6-9/h2,4,6H,3,5H2,1H3,(H2,17,22)(H,19,21)(H3,18,20,23). The third kappa shape index (κ3) is 2.83. The first-order valence-electron chi connectivity index (χ1n) is 7.29. The fourth-order valence-corrected chi connectivity index (χ4v) is 4.24. The molecule has 0 atom stereocenters. The molecule has 2 aromatic rings. The number of hydrogen-bond donors (Lipinski definition) is 4. The average Bonchev–Trinajstić information content (AvgIpc) is 2.84. The number of anilines is 2. The van der Waals surface area contributed by atoms with Crippen LogP contribution in [0.2, 0.25) is 0 Å². The number of carbonyl (C=O) groups excluding carboxylic acids is 3. The molecule has 1 aliphatic rings. The van der Waals surface area contributed by atoms with Gasteiger partial charge in [0, 0.05) is 17.5 Å². The highest BCUT2D eigenvalue weighted by Crippen LogP contribution is 2.45. The summed E-state index contributed by atoms with van der Waals surface area (Å²) >= 11 is 1.26. The number of rotatable bonds is 3. The largest absolute Gasteiger partial charge is 0.365 e. The minimum absolute atomic E-state index is 0.161. The number of urea groups is 1. The first-order chi connectivity index (χ1) is 11.4. The maximum atomic E-state index is 11.8. The Labute approximate surface area is 142 Å². The smallest absolute Gasteiger partial charge is 0.317 e. The van der Waals surface area contributed by atoms with Crippen molar-refractivity contribution in [2.45, 2.75) is 19.8 Å². The zero-order valence-corrected chi connectivity index (χ0v) is 13.8. The Morgan fingerprint density at radius 2 is 1.88 bits per heavy atom. The molecule has 0 saturated carbocycles. The van der Waals surface area contributed by atoms with Crippen molar-refractivity contribution in [3.8, 4) is 10.4 Å². The third-order valence-corrected chi connectivity index (χ3v) is 4.99. The summed E-state index contributed by atoms with van der Waals surface area (Å²) in [7, 11) is 0. The molecular weight excluding hydrogens is 328 g/mol. The predicted octanol–water partition coefficient (Wildman–Crippen LogP) is 2.06. The number of nitrogens with two attached hydrogens (primary N) is 2. The van der Waals surface area contributed by atoms with Gasteiger partial charge < -0.3 is 16.8 Å². The molecule has 1 heterocycles. The lowest BCUT2D eigenvalue weighted by Crippen LogP contribution is -2.22. The van der Waals surface area contributed by atoms with Crippen LogP contribution in [0.3, 0.4) is 0 Å². The van der Waals surface area contributed by atoms with Crippen LogP contribution >= 0.6 is 11.3 Å². The molecular formula is C16H16N4O3S. The quantitative estimate of drug-likeness (QED) is 0.680. The van der Waals surface area contributed by atoms with Gasteiger partial charge >= 0.3 is 6.03 Å². The van der Waals surface area contributed by atoms with Crippen molar-refractivity contribution >= 4 is 39.9 Å². The molecule has 0 fully saturated rings. The Kier molecular flexibility index (Phi) is 3.98. The van der Waals surface area contributed by atoms with Gasteiger partial charge in [0.15, 0.2) is 0 Å². The first kappa shape index (κ1) is 16.0. The molecule has 4 amide bonds. The van der Waals surface area contributed by atoms with Crippen LogP contribution in [0.15, 0.2) is 18.2 Å². The lowest BCUT2D eigenvalue weighted by molar-refractivity contribution is -0.114. The number of thiophene rings is 1. The molecule has 0 radical (unpaired) electrons. The monoisotopic (exact) mass is 344 g/mol. The van der Waals surface area contributed by atoms with Gasteiger partial charge in [-0.15, -0.1) is 11.3 Å². The van der Waals surface area contributed by atoms with Crippen molar-refractivity contribution < 1.29 is 14.4 Å². The van der Waals surface area contributed by atoms with Crippen LogP contribution in [0.25, 0.3) is 10.4 Å². The van der Waals surface area contributed by atoms with Gasteiger partial charge in [0.25, 0.3) is 5.91 Å². The average molecular weight is 344 g/mol. The predicted molar refractivity (Wildman–Crippen MR) is 93.2 cm³/mol. The lowest BCUT2D eigenvalue weighted by atomic mass is 9.89. The molecule has 124 valence electrons. The maximum Gasteiger partial charge on any atom is 0.317 e. The van der Waals surface area contributed by atoms with E-state index < -0.39 is 11.9 Å². The van der Waals surface area contributed by atoms with E-state index in [4.69, 9.17) is 11.5 Å². The number of amides is 4. The summed E-state index contributed by atoms with van der Waals surface area (Å²) in [4.78, 5) is 35.2. The van der Waals surface area contributed by atoms with E-state index in [1.807, 2.05) is 18.2 Å². The molecule has 1 aliphatic carbocycles. The van der Waals surface area contributed by atoms with Crippen molar-refractivity contribution in [2.75, 3.05) is 10.6 Å². The van der Waals surface area contributed by atoms with Gasteiger partial charge in [-0.25, -0.2) is 4.79 Å². The molecule has 1 aromatic carbocycles. The van der Waals surface area contributed by atoms with Crippen LogP contribution in [0.4, 0.5) is 15.5 Å². The second kappa shape index (κ2) is 5.97. The molecule has 1 aromatic heterocycles. The Morgan fingerprint density at radius 3 is 2.50 bits per heavy atom. The number of aryl methyl sites for hydroxylation is 1. The number of benzene rings is 1. The Balaban J connectivity index is 2.15. The molecule has 0 saturated heterocycles. The van der Waals surface area contributed by atoms with E-state index in [0.29, 0.717) is 22.7 Å². The highest BCUT2D eigenvalue weighted by Gasteiger charge is 2.27. The van der Waals surface area contributed by atoms with E-state index in [1.165, 1.54) is 18.3 Å². The normalized spacial score (nSPS) is 12.0. The summed E-state index contributed by atoms with van der Waals surface area (Å²) in [6.07, 6.45) is 1.40. The van der Waals surface area contributed by atoms with E-state index in [9.17, 15) is 14.4 Å². The van der Waals surface area contributed by atoms with Gasteiger partial charge in [-0.1, -0.05) is 6.07 Å². The zero-order valence-electron chi connectivity index (χ0n) is 12.9. The van der Waals surface area contributed by atoms with Gasteiger partial charge in [0.1, 0.15) is 5.00 Å². The number of carbonyl (C=O) groups is 3. The highest BCUT2D eigenvalue weighted by molar-refractivity contribution is 7.20. The van der Waals surface area contributed by atoms with Crippen molar-refractivity contribution in [3.63, 3.8) is 0 Å². The van der Waals surface area contributed by atoms with Crippen molar-refractivity contribution in [2.24, 2.45) is 11.5 Å². The summed E-state index contributed by atoms with van der Waals surface area (Å²) in [5.41, 5.74) is 14.5. The fourth-order valence-electron chi connectivity index (χ4n) is 2.93. The number of fused-ring (bicyclic) bond motifs is 3. The van der Waals surface area contributed by atoms with Crippen LogP contribution in [-0.4, -0.2) is 17.8 Å². The van der Waals surface area contributed by atoms with Crippen molar-refractivity contribution in [1.29, 1.82) is 0 Å². The van der Waals surface area contributed by atoms with E-state index in [-0.39, 0.29) is 5.91 Å². The Bertz CT molecular complexity index is 872. The van der Waals surface area contributed by atoms with Gasteiger partial charge in [0.05, 0.1) is 5.56 Å². The lowest BCUT2D eigenvalue weighted by Gasteiger charge is -2.18. The number of nitrogens with one attached hydrogen (secondary N) is 2. The van der Waals surface area contributed by atoms with E-state index >= 15 is 0 Å². The van der Waals surface area contributed by atoms with E-state index in [0.717, 1.165) is 28.0 Å². The molecule has 0 aliphatic heterocycles. The first-order valence-corrected chi connectivity index (χ1v) is 8.11. The topological polar surface area (TPSA) is 127 Å². The van der Waals surface area contributed by atoms with Crippen molar-refractivity contribution in [3.05, 3.63) is 34.9 Å². The summed E-state index contributed by atoms with van der Waals surface area (Å²) in [5.74, 6) is -0.760. The van der Waals surface area contributed by atoms with E-state index in [2.05, 4.69) is 10.6 Å². The number of primary amides is 2. The van der Waals surface area contributed by atoms with Crippen LogP contribution < -0.4 is 22.1 Å². The summed E-state index contributed by atoms with van der Waals surface area (Å²) < 4.78 is 0. The molecule has 0 bridgehead atoms. The molecule has 0 unspecified atom stereocenters. The van der Waals surface area contributed by atoms with Crippen LogP contribution in [0.5, 0.6) is 0 Å². The second-order valence-electron chi connectivity index (χ2n) is 5.52. The van der Waals surface area contributed by atoms with Gasteiger partial charge in [-0.3, -0.25) is 14.9 Å². The van der Waals surface area contributed by atoms with Crippen LogP contribution in [-0.2, 0) is 17.6 Å². The SMILES string of the molecule is CC(=O)Nc1ccc2c(c1)-c1sc(NC(N)=O)c(C(N)=O)c1CC2. The second-order valence-corrected chi connectivity index (χ2v) is 6.54. The summed E-state index contributed by atoms with van der Waals surface area (Å²) in [5, 5.41) is 5.58.